The summed E-state index contributed by atoms with van der Waals surface area (Å²) in [5, 5.41) is 3.02. The second-order valence-corrected chi connectivity index (χ2v) is 7.40. The Hall–Kier alpha value is -1.37. The molecule has 0 aromatic heterocycles. The molecule has 2 rings (SSSR count). The molecule has 0 aliphatic rings. The molecule has 0 atom stereocenters. The smallest absolute Gasteiger partial charge is 0.261 e. The lowest BCUT2D eigenvalue weighted by Crippen LogP contribution is -2.13. The molecule has 6 heteroatoms. The molecule has 112 valence electrons. The van der Waals surface area contributed by atoms with Crippen molar-refractivity contribution in [2.45, 2.75) is 18.4 Å². The Kier molecular flexibility index (Phi) is 5.03. The van der Waals surface area contributed by atoms with Gasteiger partial charge in [0.05, 0.1) is 10.6 Å². The quantitative estimate of drug-likeness (QED) is 0.851. The molecule has 21 heavy (non-hydrogen) atoms. The Bertz CT molecular complexity index is 708. The second-order valence-electron chi connectivity index (χ2n) is 4.80. The third-order valence-electron chi connectivity index (χ3n) is 2.91. The van der Waals surface area contributed by atoms with Crippen molar-refractivity contribution in [3.63, 3.8) is 0 Å². The van der Waals surface area contributed by atoms with Crippen LogP contribution >= 0.6 is 15.9 Å². The van der Waals surface area contributed by atoms with Crippen molar-refractivity contribution in [1.29, 1.82) is 0 Å². The lowest BCUT2D eigenvalue weighted by Gasteiger charge is -2.10. The van der Waals surface area contributed by atoms with Crippen LogP contribution in [0.3, 0.4) is 0 Å². The van der Waals surface area contributed by atoms with E-state index in [2.05, 4.69) is 26.0 Å². The van der Waals surface area contributed by atoms with Crippen LogP contribution in [0, 0.1) is 6.92 Å². The molecule has 0 heterocycles. The van der Waals surface area contributed by atoms with E-state index in [9.17, 15) is 8.42 Å². The van der Waals surface area contributed by atoms with Gasteiger partial charge in [-0.2, -0.15) is 0 Å². The number of hydrogen-bond donors (Lipinski definition) is 2. The van der Waals surface area contributed by atoms with Crippen LogP contribution in [-0.2, 0) is 16.6 Å². The minimum absolute atomic E-state index is 0.250. The number of rotatable bonds is 5. The summed E-state index contributed by atoms with van der Waals surface area (Å²) in [5.41, 5.74) is 2.56. The number of halogens is 1. The molecule has 0 radical (unpaired) electrons. The van der Waals surface area contributed by atoms with E-state index in [1.54, 1.807) is 36.4 Å². The van der Waals surface area contributed by atoms with Gasteiger partial charge in [0.15, 0.2) is 0 Å². The summed E-state index contributed by atoms with van der Waals surface area (Å²) in [5.74, 6) is 0. The number of benzene rings is 2. The van der Waals surface area contributed by atoms with E-state index < -0.39 is 10.0 Å². The topological polar surface area (TPSA) is 58.2 Å². The highest BCUT2D eigenvalue weighted by atomic mass is 79.9. The van der Waals surface area contributed by atoms with Gasteiger partial charge in [-0.1, -0.05) is 28.1 Å². The van der Waals surface area contributed by atoms with Crippen LogP contribution in [0.25, 0.3) is 0 Å². The van der Waals surface area contributed by atoms with Gasteiger partial charge in [-0.15, -0.1) is 0 Å². The highest BCUT2D eigenvalue weighted by Gasteiger charge is 2.14. The van der Waals surface area contributed by atoms with E-state index in [-0.39, 0.29) is 4.90 Å². The summed E-state index contributed by atoms with van der Waals surface area (Å²) in [7, 11) is -1.72. The summed E-state index contributed by atoms with van der Waals surface area (Å²) in [6.07, 6.45) is 0. The number of sulfonamides is 1. The fourth-order valence-corrected chi connectivity index (χ4v) is 3.65. The third-order valence-corrected chi connectivity index (χ3v) is 4.76. The minimum atomic E-state index is -3.57. The Balaban J connectivity index is 2.25. The van der Waals surface area contributed by atoms with Crippen LogP contribution in [0.15, 0.2) is 51.8 Å². The van der Waals surface area contributed by atoms with Crippen molar-refractivity contribution < 1.29 is 8.42 Å². The Morgan fingerprint density at radius 3 is 2.33 bits per heavy atom. The van der Waals surface area contributed by atoms with Gasteiger partial charge < -0.3 is 5.32 Å². The summed E-state index contributed by atoms with van der Waals surface area (Å²) in [6.45, 7) is 2.62. The van der Waals surface area contributed by atoms with Crippen molar-refractivity contribution in [3.05, 3.63) is 58.1 Å². The maximum Gasteiger partial charge on any atom is 0.261 e. The SMILES string of the molecule is CNCc1ccc(S(=O)(=O)Nc2cc(C)cc(Br)c2)cc1. The van der Waals surface area contributed by atoms with Crippen molar-refractivity contribution in [2.75, 3.05) is 11.8 Å². The van der Waals surface area contributed by atoms with Crippen LogP contribution in [0.4, 0.5) is 5.69 Å². The lowest BCUT2D eigenvalue weighted by atomic mass is 10.2. The van der Waals surface area contributed by atoms with E-state index in [0.29, 0.717) is 12.2 Å². The zero-order valence-electron chi connectivity index (χ0n) is 11.9. The molecule has 2 aromatic rings. The van der Waals surface area contributed by atoms with Gasteiger partial charge in [-0.3, -0.25) is 4.72 Å². The first-order valence-corrected chi connectivity index (χ1v) is 8.72. The molecular formula is C15H17BrN2O2S. The van der Waals surface area contributed by atoms with Crippen molar-refractivity contribution in [2.24, 2.45) is 0 Å². The van der Waals surface area contributed by atoms with Crippen LogP contribution in [0.5, 0.6) is 0 Å². The van der Waals surface area contributed by atoms with Crippen LogP contribution in [0.1, 0.15) is 11.1 Å². The maximum atomic E-state index is 12.4. The zero-order chi connectivity index (χ0) is 15.5. The second kappa shape index (κ2) is 6.60. The van der Waals surface area contributed by atoms with Crippen molar-refractivity contribution in [3.8, 4) is 0 Å². The molecule has 2 N–H and O–H groups in total. The third kappa shape index (κ3) is 4.30. The summed E-state index contributed by atoms with van der Waals surface area (Å²) in [4.78, 5) is 0.250. The Morgan fingerprint density at radius 2 is 1.76 bits per heavy atom. The molecule has 0 saturated heterocycles. The first-order chi connectivity index (χ1) is 9.90. The average Bonchev–Trinajstić information content (AvgIpc) is 2.38. The zero-order valence-corrected chi connectivity index (χ0v) is 14.3. The molecule has 4 nitrogen and oxygen atoms in total. The molecule has 0 spiro atoms. The molecule has 0 fully saturated rings. The predicted molar refractivity (Wildman–Crippen MR) is 88.9 cm³/mol. The van der Waals surface area contributed by atoms with E-state index in [1.165, 1.54) is 0 Å². The van der Waals surface area contributed by atoms with Crippen LogP contribution in [0.2, 0.25) is 0 Å². The van der Waals surface area contributed by atoms with Crippen molar-refractivity contribution in [1.82, 2.24) is 5.32 Å². The number of nitrogens with one attached hydrogen (secondary N) is 2. The molecule has 0 amide bonds. The highest BCUT2D eigenvalue weighted by molar-refractivity contribution is 9.10. The van der Waals surface area contributed by atoms with Gasteiger partial charge >= 0.3 is 0 Å². The maximum absolute atomic E-state index is 12.4. The lowest BCUT2D eigenvalue weighted by molar-refractivity contribution is 0.601. The van der Waals surface area contributed by atoms with Gasteiger partial charge in [0, 0.05) is 11.0 Å². The van der Waals surface area contributed by atoms with E-state index in [0.717, 1.165) is 15.6 Å². The van der Waals surface area contributed by atoms with E-state index in [4.69, 9.17) is 0 Å². The normalized spacial score (nSPS) is 11.4. The van der Waals surface area contributed by atoms with Crippen LogP contribution in [-0.4, -0.2) is 15.5 Å². The van der Waals surface area contributed by atoms with Crippen molar-refractivity contribution >= 4 is 31.6 Å². The fourth-order valence-electron chi connectivity index (χ4n) is 2.00. The minimum Gasteiger partial charge on any atom is -0.316 e. The van der Waals surface area contributed by atoms with Crippen LogP contribution < -0.4 is 10.0 Å². The first kappa shape index (κ1) is 16.0. The average molecular weight is 369 g/mol. The van der Waals surface area contributed by atoms with Gasteiger partial charge in [0.25, 0.3) is 10.0 Å². The fraction of sp³-hybridized carbons (Fsp3) is 0.200. The first-order valence-electron chi connectivity index (χ1n) is 6.44. The summed E-state index contributed by atoms with van der Waals surface area (Å²) in [6, 6.07) is 12.3. The van der Waals surface area contributed by atoms with Gasteiger partial charge in [0.1, 0.15) is 0 Å². The molecular weight excluding hydrogens is 352 g/mol. The monoisotopic (exact) mass is 368 g/mol. The predicted octanol–water partition coefficient (Wildman–Crippen LogP) is 3.28. The number of hydrogen-bond acceptors (Lipinski definition) is 3. The molecule has 2 aromatic carbocycles. The molecule has 0 aliphatic carbocycles. The molecule has 0 unspecified atom stereocenters. The molecule has 0 bridgehead atoms. The van der Waals surface area contributed by atoms with Gasteiger partial charge in [-0.25, -0.2) is 8.42 Å². The molecule has 0 saturated carbocycles. The summed E-state index contributed by atoms with van der Waals surface area (Å²) < 4.78 is 28.1. The number of aryl methyl sites for hydroxylation is 1. The number of anilines is 1. The molecule has 0 aliphatic heterocycles. The Labute approximate surface area is 133 Å². The van der Waals surface area contributed by atoms with Gasteiger partial charge in [-0.05, 0) is 55.4 Å². The van der Waals surface area contributed by atoms with E-state index in [1.807, 2.05) is 20.0 Å². The standard InChI is InChI=1S/C15H17BrN2O2S/c1-11-7-13(16)9-14(8-11)18-21(19,20)15-5-3-12(4-6-15)10-17-2/h3-9,17-18H,10H2,1-2H3. The Morgan fingerprint density at radius 1 is 1.10 bits per heavy atom. The summed E-state index contributed by atoms with van der Waals surface area (Å²) >= 11 is 3.36. The van der Waals surface area contributed by atoms with E-state index >= 15 is 0 Å². The highest BCUT2D eigenvalue weighted by Crippen LogP contribution is 2.22. The largest absolute Gasteiger partial charge is 0.316 e. The van der Waals surface area contributed by atoms with Gasteiger partial charge in [0.2, 0.25) is 0 Å².